The van der Waals surface area contributed by atoms with Crippen LogP contribution in [0.25, 0.3) is 10.9 Å². The molecule has 1 aromatic carbocycles. The number of aromatic nitrogens is 2. The summed E-state index contributed by atoms with van der Waals surface area (Å²) in [6.07, 6.45) is 2.83. The summed E-state index contributed by atoms with van der Waals surface area (Å²) < 4.78 is 7.08. The molecule has 8 nitrogen and oxygen atoms in total. The number of nitrogens with zero attached hydrogens (tertiary/aromatic N) is 2. The van der Waals surface area contributed by atoms with Crippen LogP contribution in [0.3, 0.4) is 0 Å². The summed E-state index contributed by atoms with van der Waals surface area (Å²) in [7, 11) is 0. The molecule has 0 fully saturated rings. The monoisotopic (exact) mass is 432 g/mol. The molecular formula is C18H17BrN4O4. The Morgan fingerprint density at radius 2 is 2.15 bits per heavy atom. The van der Waals surface area contributed by atoms with E-state index in [1.165, 1.54) is 17.2 Å². The molecule has 1 unspecified atom stereocenters. The van der Waals surface area contributed by atoms with E-state index in [9.17, 15) is 14.4 Å². The van der Waals surface area contributed by atoms with E-state index in [2.05, 4.69) is 31.5 Å². The topological polar surface area (TPSA) is 106 Å². The van der Waals surface area contributed by atoms with Gasteiger partial charge >= 0.3 is 0 Å². The Labute approximate surface area is 162 Å². The second-order valence-electron chi connectivity index (χ2n) is 5.93. The molecule has 0 spiro atoms. The number of carbonyl (C=O) groups is 2. The summed E-state index contributed by atoms with van der Waals surface area (Å²) in [6, 6.07) is 7.86. The molecule has 3 aromatic rings. The summed E-state index contributed by atoms with van der Waals surface area (Å²) in [6.45, 7) is 1.56. The third-order valence-electron chi connectivity index (χ3n) is 3.89. The number of nitrogens with one attached hydrogen (secondary N) is 2. The standard InChI is InChI=1S/C18H17BrN4O4/c1-11(17(25)20-8-13-3-2-6-27-13)22-16(24)9-23-10-21-15-5-4-12(19)7-14(15)18(23)26/h2-7,10-11H,8-9H2,1H3,(H,20,25)(H,22,24). The van der Waals surface area contributed by atoms with Crippen LogP contribution in [0.2, 0.25) is 0 Å². The van der Waals surface area contributed by atoms with Crippen molar-refractivity contribution < 1.29 is 14.0 Å². The molecule has 0 saturated heterocycles. The summed E-state index contributed by atoms with van der Waals surface area (Å²) in [5.41, 5.74) is 0.219. The summed E-state index contributed by atoms with van der Waals surface area (Å²) >= 11 is 3.31. The minimum absolute atomic E-state index is 0.231. The molecule has 27 heavy (non-hydrogen) atoms. The van der Waals surface area contributed by atoms with Gasteiger partial charge in [0.15, 0.2) is 0 Å². The highest BCUT2D eigenvalue weighted by molar-refractivity contribution is 9.10. The molecule has 9 heteroatoms. The second-order valence-corrected chi connectivity index (χ2v) is 6.84. The van der Waals surface area contributed by atoms with Crippen LogP contribution in [-0.2, 0) is 22.7 Å². The van der Waals surface area contributed by atoms with Crippen LogP contribution in [0.5, 0.6) is 0 Å². The van der Waals surface area contributed by atoms with Gasteiger partial charge in [0.05, 0.1) is 30.0 Å². The molecule has 2 amide bonds. The first-order valence-electron chi connectivity index (χ1n) is 8.18. The van der Waals surface area contributed by atoms with E-state index in [0.717, 1.165) is 4.47 Å². The van der Waals surface area contributed by atoms with Gasteiger partial charge in [-0.25, -0.2) is 4.98 Å². The van der Waals surface area contributed by atoms with Crippen LogP contribution in [0.15, 0.2) is 56.6 Å². The van der Waals surface area contributed by atoms with Gasteiger partial charge in [0, 0.05) is 4.47 Å². The van der Waals surface area contributed by atoms with Crippen LogP contribution < -0.4 is 16.2 Å². The Bertz CT molecular complexity index is 1030. The van der Waals surface area contributed by atoms with Crippen LogP contribution >= 0.6 is 15.9 Å². The summed E-state index contributed by atoms with van der Waals surface area (Å²) in [5, 5.41) is 5.64. The van der Waals surface area contributed by atoms with Crippen molar-refractivity contribution in [1.29, 1.82) is 0 Å². The molecule has 1 atom stereocenters. The molecular weight excluding hydrogens is 416 g/mol. The van der Waals surface area contributed by atoms with Crippen LogP contribution in [0.1, 0.15) is 12.7 Å². The molecule has 0 aliphatic rings. The van der Waals surface area contributed by atoms with Crippen molar-refractivity contribution in [3.63, 3.8) is 0 Å². The van der Waals surface area contributed by atoms with Crippen LogP contribution in [0.4, 0.5) is 0 Å². The van der Waals surface area contributed by atoms with E-state index in [-0.39, 0.29) is 24.6 Å². The number of hydrogen-bond acceptors (Lipinski definition) is 5. The van der Waals surface area contributed by atoms with E-state index >= 15 is 0 Å². The van der Waals surface area contributed by atoms with Gasteiger partial charge in [0.1, 0.15) is 18.3 Å². The van der Waals surface area contributed by atoms with Crippen molar-refractivity contribution in [2.24, 2.45) is 0 Å². The number of hydrogen-bond donors (Lipinski definition) is 2. The van der Waals surface area contributed by atoms with Crippen LogP contribution in [-0.4, -0.2) is 27.4 Å². The number of fused-ring (bicyclic) bond motifs is 1. The predicted molar refractivity (Wildman–Crippen MR) is 102 cm³/mol. The third-order valence-corrected chi connectivity index (χ3v) is 4.38. The zero-order chi connectivity index (χ0) is 19.4. The van der Waals surface area contributed by atoms with Crippen molar-refractivity contribution in [2.75, 3.05) is 0 Å². The molecule has 2 N–H and O–H groups in total. The first-order chi connectivity index (χ1) is 12.9. The molecule has 0 saturated carbocycles. The van der Waals surface area contributed by atoms with Gasteiger partial charge in [-0.3, -0.25) is 19.0 Å². The minimum atomic E-state index is -0.759. The number of benzene rings is 1. The van der Waals surface area contributed by atoms with E-state index in [4.69, 9.17) is 4.42 Å². The Morgan fingerprint density at radius 1 is 1.33 bits per heavy atom. The van der Waals surface area contributed by atoms with Crippen LogP contribution in [0, 0.1) is 0 Å². The second kappa shape index (κ2) is 8.17. The maximum atomic E-state index is 12.5. The smallest absolute Gasteiger partial charge is 0.261 e. The lowest BCUT2D eigenvalue weighted by molar-refractivity contribution is -0.129. The zero-order valence-electron chi connectivity index (χ0n) is 14.4. The lowest BCUT2D eigenvalue weighted by Crippen LogP contribution is -2.46. The lowest BCUT2D eigenvalue weighted by Gasteiger charge is -2.14. The van der Waals surface area contributed by atoms with Gasteiger partial charge in [-0.05, 0) is 37.3 Å². The molecule has 2 heterocycles. The van der Waals surface area contributed by atoms with Gasteiger partial charge in [-0.2, -0.15) is 0 Å². The quantitative estimate of drug-likeness (QED) is 0.614. The van der Waals surface area contributed by atoms with E-state index in [1.807, 2.05) is 0 Å². The maximum Gasteiger partial charge on any atom is 0.261 e. The molecule has 2 aromatic heterocycles. The number of furan rings is 1. The van der Waals surface area contributed by atoms with Crippen molar-refractivity contribution in [3.05, 3.63) is 63.5 Å². The Kier molecular flexibility index (Phi) is 5.70. The Morgan fingerprint density at radius 3 is 2.89 bits per heavy atom. The normalized spacial score (nSPS) is 11.9. The fraction of sp³-hybridized carbons (Fsp3) is 0.222. The predicted octanol–water partition coefficient (Wildman–Crippen LogP) is 1.57. The highest BCUT2D eigenvalue weighted by Gasteiger charge is 2.16. The average molecular weight is 433 g/mol. The molecule has 0 aliphatic carbocycles. The Hall–Kier alpha value is -2.94. The van der Waals surface area contributed by atoms with Gasteiger partial charge in [0.2, 0.25) is 11.8 Å². The van der Waals surface area contributed by atoms with Gasteiger partial charge in [-0.15, -0.1) is 0 Å². The van der Waals surface area contributed by atoms with Crippen molar-refractivity contribution >= 4 is 38.6 Å². The molecule has 3 rings (SSSR count). The van der Waals surface area contributed by atoms with Crippen molar-refractivity contribution in [2.45, 2.75) is 26.1 Å². The lowest BCUT2D eigenvalue weighted by atomic mass is 10.2. The summed E-state index contributed by atoms with van der Waals surface area (Å²) in [5.74, 6) is -0.205. The van der Waals surface area contributed by atoms with Crippen molar-refractivity contribution in [3.8, 4) is 0 Å². The SMILES string of the molecule is CC(NC(=O)Cn1cnc2ccc(Br)cc2c1=O)C(=O)NCc1ccco1. The summed E-state index contributed by atoms with van der Waals surface area (Å²) in [4.78, 5) is 40.9. The fourth-order valence-electron chi connectivity index (χ4n) is 2.49. The Balaban J connectivity index is 1.61. The van der Waals surface area contributed by atoms with E-state index in [0.29, 0.717) is 16.7 Å². The highest BCUT2D eigenvalue weighted by Crippen LogP contribution is 2.14. The highest BCUT2D eigenvalue weighted by atomic mass is 79.9. The first kappa shape index (κ1) is 18.8. The third kappa shape index (κ3) is 4.62. The number of amides is 2. The number of halogens is 1. The average Bonchev–Trinajstić information content (AvgIpc) is 3.16. The zero-order valence-corrected chi connectivity index (χ0v) is 16.0. The molecule has 0 bridgehead atoms. The molecule has 0 aliphatic heterocycles. The number of rotatable bonds is 6. The van der Waals surface area contributed by atoms with Crippen molar-refractivity contribution in [1.82, 2.24) is 20.2 Å². The largest absolute Gasteiger partial charge is 0.467 e. The maximum absolute atomic E-state index is 12.5. The fourth-order valence-corrected chi connectivity index (χ4v) is 2.85. The van der Waals surface area contributed by atoms with Gasteiger partial charge in [0.25, 0.3) is 5.56 Å². The van der Waals surface area contributed by atoms with E-state index in [1.54, 1.807) is 37.3 Å². The van der Waals surface area contributed by atoms with Gasteiger partial charge < -0.3 is 15.1 Å². The number of carbonyl (C=O) groups excluding carboxylic acids is 2. The van der Waals surface area contributed by atoms with E-state index < -0.39 is 11.9 Å². The molecule has 140 valence electrons. The minimum Gasteiger partial charge on any atom is -0.467 e. The first-order valence-corrected chi connectivity index (χ1v) is 8.97. The molecule has 0 radical (unpaired) electrons. The van der Waals surface area contributed by atoms with Gasteiger partial charge in [-0.1, -0.05) is 15.9 Å².